The Balaban J connectivity index is 1.68. The highest BCUT2D eigenvalue weighted by Crippen LogP contribution is 2.28. The Hall–Kier alpha value is -1.40. The van der Waals surface area contributed by atoms with E-state index in [0.717, 1.165) is 64.3 Å². The van der Waals surface area contributed by atoms with Crippen LogP contribution < -0.4 is 0 Å². The van der Waals surface area contributed by atoms with Crippen LogP contribution in [0.2, 0.25) is 0 Å². The lowest BCUT2D eigenvalue weighted by Gasteiger charge is -2.34. The maximum atomic E-state index is 12.9. The maximum Gasteiger partial charge on any atom is 0.292 e. The van der Waals surface area contributed by atoms with E-state index < -0.39 is 0 Å². The average molecular weight is 349 g/mol. The van der Waals surface area contributed by atoms with Gasteiger partial charge in [0.15, 0.2) is 0 Å². The number of hydrogen-bond donors (Lipinski definition) is 0. The first-order valence-electron chi connectivity index (χ1n) is 9.75. The van der Waals surface area contributed by atoms with Gasteiger partial charge in [0.2, 0.25) is 5.76 Å². The van der Waals surface area contributed by atoms with Crippen molar-refractivity contribution in [1.82, 2.24) is 15.0 Å². The van der Waals surface area contributed by atoms with Crippen molar-refractivity contribution in [2.75, 3.05) is 39.4 Å². The molecule has 3 rings (SSSR count). The zero-order chi connectivity index (χ0) is 17.8. The number of carbonyl (C=O) groups excluding carboxylic acids is 1. The molecule has 140 valence electrons. The van der Waals surface area contributed by atoms with E-state index in [4.69, 9.17) is 9.26 Å². The second kappa shape index (κ2) is 8.32. The molecule has 0 unspecified atom stereocenters. The second-order valence-corrected chi connectivity index (χ2v) is 7.22. The Morgan fingerprint density at radius 1 is 1.24 bits per heavy atom. The van der Waals surface area contributed by atoms with Gasteiger partial charge in [-0.15, -0.1) is 0 Å². The minimum atomic E-state index is -0.0149. The third kappa shape index (κ3) is 3.90. The van der Waals surface area contributed by atoms with Gasteiger partial charge in [0.1, 0.15) is 0 Å². The first-order valence-corrected chi connectivity index (χ1v) is 9.75. The highest BCUT2D eigenvalue weighted by atomic mass is 16.5. The van der Waals surface area contributed by atoms with Crippen molar-refractivity contribution < 1.29 is 14.1 Å². The minimum Gasteiger partial charge on any atom is -0.379 e. The molecule has 2 fully saturated rings. The zero-order valence-electron chi connectivity index (χ0n) is 15.7. The molecule has 0 saturated carbocycles. The lowest BCUT2D eigenvalue weighted by molar-refractivity contribution is 0.0102. The van der Waals surface area contributed by atoms with Crippen LogP contribution >= 0.6 is 0 Å². The normalized spacial score (nSPS) is 25.0. The molecule has 0 spiro atoms. The summed E-state index contributed by atoms with van der Waals surface area (Å²) in [6.07, 6.45) is 3.11. The standard InChI is InChI=1S/C19H31N3O3/c1-4-14(5-2)16-11-18(25-20-16)19(23)22-12-15(6-3)17(13-22)21-7-9-24-10-8-21/h11,14-15,17H,4-10,12-13H2,1-3H3/t15-,17-/m0/s1. The van der Waals surface area contributed by atoms with Crippen LogP contribution in [0.5, 0.6) is 0 Å². The van der Waals surface area contributed by atoms with E-state index in [0.29, 0.717) is 23.6 Å². The monoisotopic (exact) mass is 349 g/mol. The van der Waals surface area contributed by atoms with Crippen molar-refractivity contribution in [3.8, 4) is 0 Å². The van der Waals surface area contributed by atoms with Crippen molar-refractivity contribution in [3.05, 3.63) is 17.5 Å². The Labute approximate surface area is 150 Å². The summed E-state index contributed by atoms with van der Waals surface area (Å²) >= 11 is 0. The Kier molecular flexibility index (Phi) is 6.12. The number of ether oxygens (including phenoxy) is 1. The van der Waals surface area contributed by atoms with Crippen molar-refractivity contribution in [3.63, 3.8) is 0 Å². The predicted molar refractivity (Wildman–Crippen MR) is 95.7 cm³/mol. The van der Waals surface area contributed by atoms with E-state index >= 15 is 0 Å². The molecule has 0 radical (unpaired) electrons. The molecule has 0 N–H and O–H groups in total. The second-order valence-electron chi connectivity index (χ2n) is 7.22. The Morgan fingerprint density at radius 2 is 1.96 bits per heavy atom. The van der Waals surface area contributed by atoms with Crippen LogP contribution in [-0.2, 0) is 4.74 Å². The topological polar surface area (TPSA) is 58.8 Å². The van der Waals surface area contributed by atoms with Gasteiger partial charge in [-0.2, -0.15) is 0 Å². The van der Waals surface area contributed by atoms with Gasteiger partial charge in [-0.05, 0) is 18.8 Å². The Bertz CT molecular complexity index is 564. The fraction of sp³-hybridized carbons (Fsp3) is 0.789. The van der Waals surface area contributed by atoms with Crippen molar-refractivity contribution in [2.45, 2.75) is 52.0 Å². The average Bonchev–Trinajstić information content (AvgIpc) is 3.30. The summed E-state index contributed by atoms with van der Waals surface area (Å²) in [5, 5.41) is 4.15. The van der Waals surface area contributed by atoms with E-state index in [2.05, 4.69) is 30.8 Å². The summed E-state index contributed by atoms with van der Waals surface area (Å²) in [6.45, 7) is 11.6. The van der Waals surface area contributed by atoms with Gasteiger partial charge in [0.05, 0.1) is 18.9 Å². The molecule has 6 heteroatoms. The van der Waals surface area contributed by atoms with Gasteiger partial charge in [-0.25, -0.2) is 0 Å². The molecule has 1 amide bonds. The van der Waals surface area contributed by atoms with Gasteiger partial charge < -0.3 is 14.2 Å². The van der Waals surface area contributed by atoms with Crippen LogP contribution in [-0.4, -0.2) is 66.3 Å². The molecule has 2 atom stereocenters. The van der Waals surface area contributed by atoms with E-state index in [1.54, 1.807) is 0 Å². The first-order chi connectivity index (χ1) is 12.2. The fourth-order valence-electron chi connectivity index (χ4n) is 4.19. The van der Waals surface area contributed by atoms with Gasteiger partial charge in [0, 0.05) is 44.2 Å². The third-order valence-corrected chi connectivity index (χ3v) is 5.88. The van der Waals surface area contributed by atoms with Crippen LogP contribution in [0.15, 0.2) is 10.6 Å². The lowest BCUT2D eigenvalue weighted by atomic mass is 9.99. The van der Waals surface area contributed by atoms with E-state index in [9.17, 15) is 4.79 Å². The number of aromatic nitrogens is 1. The number of amides is 1. The maximum absolute atomic E-state index is 12.9. The molecular formula is C19H31N3O3. The van der Waals surface area contributed by atoms with Crippen molar-refractivity contribution >= 4 is 5.91 Å². The molecule has 3 heterocycles. The molecule has 2 aliphatic heterocycles. The summed E-state index contributed by atoms with van der Waals surface area (Å²) in [6, 6.07) is 2.28. The highest BCUT2D eigenvalue weighted by Gasteiger charge is 2.39. The SMILES string of the molecule is CCC(CC)c1cc(C(=O)N2C[C@H](CC)[C@@H](N3CCOCC3)C2)on1. The van der Waals surface area contributed by atoms with E-state index in [1.165, 1.54) is 0 Å². The summed E-state index contributed by atoms with van der Waals surface area (Å²) in [4.78, 5) is 17.3. The summed E-state index contributed by atoms with van der Waals surface area (Å²) in [5.74, 6) is 1.26. The molecule has 1 aromatic heterocycles. The quantitative estimate of drug-likeness (QED) is 0.790. The summed E-state index contributed by atoms with van der Waals surface area (Å²) < 4.78 is 10.9. The molecule has 25 heavy (non-hydrogen) atoms. The van der Waals surface area contributed by atoms with E-state index in [1.807, 2.05) is 11.0 Å². The zero-order valence-corrected chi connectivity index (χ0v) is 15.7. The summed E-state index contributed by atoms with van der Waals surface area (Å²) in [7, 11) is 0. The first kappa shape index (κ1) is 18.4. The van der Waals surface area contributed by atoms with Crippen LogP contribution in [0, 0.1) is 5.92 Å². The molecule has 0 aromatic carbocycles. The van der Waals surface area contributed by atoms with Crippen molar-refractivity contribution in [2.24, 2.45) is 5.92 Å². The van der Waals surface area contributed by atoms with Gasteiger partial charge in [0.25, 0.3) is 5.91 Å². The van der Waals surface area contributed by atoms with Crippen LogP contribution in [0.1, 0.15) is 62.2 Å². The summed E-state index contributed by atoms with van der Waals surface area (Å²) in [5.41, 5.74) is 0.907. The third-order valence-electron chi connectivity index (χ3n) is 5.88. The molecular weight excluding hydrogens is 318 g/mol. The number of likely N-dealkylation sites (tertiary alicyclic amines) is 1. The molecule has 1 aromatic rings. The van der Waals surface area contributed by atoms with E-state index in [-0.39, 0.29) is 5.91 Å². The van der Waals surface area contributed by atoms with Gasteiger partial charge in [-0.1, -0.05) is 32.3 Å². The fourth-order valence-corrected chi connectivity index (χ4v) is 4.19. The molecule has 0 aliphatic carbocycles. The lowest BCUT2D eigenvalue weighted by Crippen LogP contribution is -2.47. The smallest absolute Gasteiger partial charge is 0.292 e. The molecule has 6 nitrogen and oxygen atoms in total. The number of hydrogen-bond acceptors (Lipinski definition) is 5. The Morgan fingerprint density at radius 3 is 2.60 bits per heavy atom. The minimum absolute atomic E-state index is 0.0149. The van der Waals surface area contributed by atoms with Crippen LogP contribution in [0.4, 0.5) is 0 Å². The number of nitrogens with zero attached hydrogens (tertiary/aromatic N) is 3. The van der Waals surface area contributed by atoms with Gasteiger partial charge >= 0.3 is 0 Å². The van der Waals surface area contributed by atoms with Crippen molar-refractivity contribution in [1.29, 1.82) is 0 Å². The molecule has 2 aliphatic rings. The number of carbonyl (C=O) groups is 1. The van der Waals surface area contributed by atoms with Crippen LogP contribution in [0.25, 0.3) is 0 Å². The van der Waals surface area contributed by atoms with Gasteiger partial charge in [-0.3, -0.25) is 9.69 Å². The highest BCUT2D eigenvalue weighted by molar-refractivity contribution is 5.91. The molecule has 2 saturated heterocycles. The molecule has 0 bridgehead atoms. The number of morpholine rings is 1. The largest absolute Gasteiger partial charge is 0.379 e. The number of rotatable bonds is 6. The predicted octanol–water partition coefficient (Wildman–Crippen LogP) is 2.76. The van der Waals surface area contributed by atoms with Crippen LogP contribution in [0.3, 0.4) is 0 Å².